The van der Waals surface area contributed by atoms with Gasteiger partial charge in [-0.05, 0) is 59.5 Å². The second-order valence-electron chi connectivity index (χ2n) is 5.50. The first-order chi connectivity index (χ1) is 7.59. The van der Waals surface area contributed by atoms with Crippen LogP contribution in [-0.2, 0) is 0 Å². The molecule has 1 aliphatic rings. The summed E-state index contributed by atoms with van der Waals surface area (Å²) in [5, 5.41) is 3.48. The van der Waals surface area contributed by atoms with E-state index in [0.717, 1.165) is 12.6 Å². The Morgan fingerprint density at radius 2 is 1.88 bits per heavy atom. The number of hydrogen-bond donors (Lipinski definition) is 1. The zero-order valence-electron chi connectivity index (χ0n) is 11.5. The van der Waals surface area contributed by atoms with Gasteiger partial charge in [-0.2, -0.15) is 0 Å². The van der Waals surface area contributed by atoms with Crippen LogP contribution < -0.4 is 5.32 Å². The first-order valence-corrected chi connectivity index (χ1v) is 6.71. The molecule has 0 radical (unpaired) electrons. The zero-order chi connectivity index (χ0) is 12.0. The molecule has 0 atom stereocenters. The average molecular weight is 227 g/mol. The van der Waals surface area contributed by atoms with Crippen molar-refractivity contribution in [2.75, 3.05) is 40.3 Å². The van der Waals surface area contributed by atoms with Gasteiger partial charge in [-0.25, -0.2) is 0 Å². The average Bonchev–Trinajstić information content (AvgIpc) is 2.25. The van der Waals surface area contributed by atoms with Gasteiger partial charge >= 0.3 is 0 Å². The van der Waals surface area contributed by atoms with Gasteiger partial charge in [0, 0.05) is 12.1 Å². The van der Waals surface area contributed by atoms with Gasteiger partial charge in [-0.15, -0.1) is 0 Å². The maximum absolute atomic E-state index is 3.48. The number of nitrogens with one attached hydrogen (secondary N) is 1. The fourth-order valence-corrected chi connectivity index (χ4v) is 2.35. The van der Waals surface area contributed by atoms with Crippen LogP contribution in [-0.4, -0.2) is 62.2 Å². The maximum atomic E-state index is 3.48. The molecule has 1 aliphatic heterocycles. The summed E-state index contributed by atoms with van der Waals surface area (Å²) in [6, 6.07) is 1.43. The Labute approximate surface area is 101 Å². The van der Waals surface area contributed by atoms with Crippen molar-refractivity contribution in [3.8, 4) is 0 Å². The summed E-state index contributed by atoms with van der Waals surface area (Å²) in [6.45, 7) is 9.41. The Hall–Kier alpha value is -0.120. The minimum Gasteiger partial charge on any atom is -0.314 e. The molecule has 96 valence electrons. The van der Waals surface area contributed by atoms with Crippen LogP contribution in [0.1, 0.15) is 33.1 Å². The highest BCUT2D eigenvalue weighted by atomic mass is 15.2. The van der Waals surface area contributed by atoms with Crippen molar-refractivity contribution in [3.05, 3.63) is 0 Å². The normalized spacial score (nSPS) is 19.9. The molecule has 0 aromatic carbocycles. The van der Waals surface area contributed by atoms with Gasteiger partial charge in [0.15, 0.2) is 0 Å². The van der Waals surface area contributed by atoms with E-state index in [9.17, 15) is 0 Å². The lowest BCUT2D eigenvalue weighted by Crippen LogP contribution is -2.42. The Balaban J connectivity index is 2.04. The standard InChI is InChI=1S/C13H29N3/c1-12(2)14-8-5-9-16-10-6-13(7-11-16)15(3)4/h12-14H,5-11H2,1-4H3. The molecule has 1 rings (SSSR count). The number of hydrogen-bond acceptors (Lipinski definition) is 3. The molecule has 3 heteroatoms. The van der Waals surface area contributed by atoms with Crippen molar-refractivity contribution in [2.45, 2.75) is 45.2 Å². The van der Waals surface area contributed by atoms with E-state index in [4.69, 9.17) is 0 Å². The molecule has 0 aromatic heterocycles. The Kier molecular flexibility index (Phi) is 6.32. The third-order valence-electron chi connectivity index (χ3n) is 3.49. The molecule has 0 unspecified atom stereocenters. The number of nitrogens with zero attached hydrogens (tertiary/aromatic N) is 2. The van der Waals surface area contributed by atoms with Crippen molar-refractivity contribution >= 4 is 0 Å². The monoisotopic (exact) mass is 227 g/mol. The summed E-state index contributed by atoms with van der Waals surface area (Å²) in [4.78, 5) is 4.99. The first-order valence-electron chi connectivity index (χ1n) is 6.71. The minimum absolute atomic E-state index is 0.625. The number of piperidine rings is 1. The van der Waals surface area contributed by atoms with E-state index in [1.807, 2.05) is 0 Å². The molecule has 1 saturated heterocycles. The lowest BCUT2D eigenvalue weighted by atomic mass is 10.0. The van der Waals surface area contributed by atoms with Crippen molar-refractivity contribution in [3.63, 3.8) is 0 Å². The van der Waals surface area contributed by atoms with Gasteiger partial charge in [-0.3, -0.25) is 0 Å². The highest BCUT2D eigenvalue weighted by molar-refractivity contribution is 4.76. The van der Waals surface area contributed by atoms with E-state index in [1.54, 1.807) is 0 Å². The molecule has 16 heavy (non-hydrogen) atoms. The molecule has 0 saturated carbocycles. The fourth-order valence-electron chi connectivity index (χ4n) is 2.35. The highest BCUT2D eigenvalue weighted by Crippen LogP contribution is 2.13. The number of likely N-dealkylation sites (tertiary alicyclic amines) is 1. The summed E-state index contributed by atoms with van der Waals surface area (Å²) in [6.07, 6.45) is 3.96. The largest absolute Gasteiger partial charge is 0.314 e. The molecule has 0 aliphatic carbocycles. The first kappa shape index (κ1) is 13.9. The summed E-state index contributed by atoms with van der Waals surface area (Å²) in [5.74, 6) is 0. The van der Waals surface area contributed by atoms with Crippen LogP contribution in [0.5, 0.6) is 0 Å². The van der Waals surface area contributed by atoms with Gasteiger partial charge < -0.3 is 15.1 Å². The van der Waals surface area contributed by atoms with Crippen molar-refractivity contribution in [1.29, 1.82) is 0 Å². The molecule has 1 fully saturated rings. The maximum Gasteiger partial charge on any atom is 0.0113 e. The van der Waals surface area contributed by atoms with Crippen LogP contribution in [0, 0.1) is 0 Å². The van der Waals surface area contributed by atoms with Crippen LogP contribution in [0.3, 0.4) is 0 Å². The van der Waals surface area contributed by atoms with Crippen molar-refractivity contribution < 1.29 is 0 Å². The second kappa shape index (κ2) is 7.25. The predicted octanol–water partition coefficient (Wildman–Crippen LogP) is 1.40. The van der Waals surface area contributed by atoms with Gasteiger partial charge in [0.2, 0.25) is 0 Å². The van der Waals surface area contributed by atoms with Crippen molar-refractivity contribution in [1.82, 2.24) is 15.1 Å². The third kappa shape index (κ3) is 5.28. The lowest BCUT2D eigenvalue weighted by Gasteiger charge is -2.35. The minimum atomic E-state index is 0.625. The quantitative estimate of drug-likeness (QED) is 0.692. The van der Waals surface area contributed by atoms with E-state index in [-0.39, 0.29) is 0 Å². The van der Waals surface area contributed by atoms with Crippen LogP contribution in [0.4, 0.5) is 0 Å². The van der Waals surface area contributed by atoms with E-state index < -0.39 is 0 Å². The number of rotatable bonds is 6. The van der Waals surface area contributed by atoms with Gasteiger partial charge in [0.05, 0.1) is 0 Å². The zero-order valence-corrected chi connectivity index (χ0v) is 11.5. The SMILES string of the molecule is CC(C)NCCCN1CCC(N(C)C)CC1. The van der Waals surface area contributed by atoms with Gasteiger partial charge in [-0.1, -0.05) is 13.8 Å². The fraction of sp³-hybridized carbons (Fsp3) is 1.00. The molecule has 3 nitrogen and oxygen atoms in total. The van der Waals surface area contributed by atoms with Crippen LogP contribution in [0.2, 0.25) is 0 Å². The molecule has 1 N–H and O–H groups in total. The van der Waals surface area contributed by atoms with Gasteiger partial charge in [0.25, 0.3) is 0 Å². The smallest absolute Gasteiger partial charge is 0.0113 e. The molecule has 0 bridgehead atoms. The van der Waals surface area contributed by atoms with E-state index in [0.29, 0.717) is 6.04 Å². The summed E-state index contributed by atoms with van der Waals surface area (Å²) >= 11 is 0. The Morgan fingerprint density at radius 3 is 2.38 bits per heavy atom. The molecule has 0 aromatic rings. The second-order valence-corrected chi connectivity index (χ2v) is 5.50. The molecular formula is C13H29N3. The van der Waals surface area contributed by atoms with E-state index >= 15 is 0 Å². The highest BCUT2D eigenvalue weighted by Gasteiger charge is 2.19. The summed E-state index contributed by atoms with van der Waals surface area (Å²) in [5.41, 5.74) is 0. The molecule has 1 heterocycles. The summed E-state index contributed by atoms with van der Waals surface area (Å²) < 4.78 is 0. The third-order valence-corrected chi connectivity index (χ3v) is 3.49. The lowest BCUT2D eigenvalue weighted by molar-refractivity contribution is 0.144. The van der Waals surface area contributed by atoms with Crippen LogP contribution >= 0.6 is 0 Å². The van der Waals surface area contributed by atoms with Crippen LogP contribution in [0.25, 0.3) is 0 Å². The Bertz CT molecular complexity index is 172. The van der Waals surface area contributed by atoms with Gasteiger partial charge in [0.1, 0.15) is 0 Å². The van der Waals surface area contributed by atoms with Crippen LogP contribution in [0.15, 0.2) is 0 Å². The molecule has 0 spiro atoms. The van der Waals surface area contributed by atoms with E-state index in [2.05, 4.69) is 43.1 Å². The summed E-state index contributed by atoms with van der Waals surface area (Å²) in [7, 11) is 4.40. The van der Waals surface area contributed by atoms with Crippen molar-refractivity contribution in [2.24, 2.45) is 0 Å². The Morgan fingerprint density at radius 1 is 1.25 bits per heavy atom. The molecular weight excluding hydrogens is 198 g/mol. The predicted molar refractivity (Wildman–Crippen MR) is 70.9 cm³/mol. The van der Waals surface area contributed by atoms with E-state index in [1.165, 1.54) is 38.9 Å². The topological polar surface area (TPSA) is 18.5 Å². The molecule has 0 amide bonds.